The Morgan fingerprint density at radius 3 is 2.74 bits per heavy atom. The van der Waals surface area contributed by atoms with Crippen LogP contribution in [-0.4, -0.2) is 0 Å². The Balaban J connectivity index is 2.27. The predicted octanol–water partition coefficient (Wildman–Crippen LogP) is 3.64. The zero-order chi connectivity index (χ0) is 13.8. The maximum absolute atomic E-state index is 13.4. The standard InChI is InChI=1S/C15H16BrFN2/c1-10-3-2-4-11(7-10)8-15(19-18)13-9-12(17)5-6-14(13)16/h2-7,9,15,19H,8,18H2,1H3. The Labute approximate surface area is 120 Å². The first-order chi connectivity index (χ1) is 9.10. The molecule has 100 valence electrons. The second-order valence-corrected chi connectivity index (χ2v) is 5.43. The maximum Gasteiger partial charge on any atom is 0.123 e. The van der Waals surface area contributed by atoms with Crippen molar-refractivity contribution < 1.29 is 4.39 Å². The van der Waals surface area contributed by atoms with Crippen LogP contribution in [0.1, 0.15) is 22.7 Å². The number of hydrazine groups is 1. The molecule has 1 atom stereocenters. The molecule has 0 bridgehead atoms. The lowest BCUT2D eigenvalue weighted by atomic mass is 9.98. The van der Waals surface area contributed by atoms with Gasteiger partial charge in [0.15, 0.2) is 0 Å². The van der Waals surface area contributed by atoms with Crippen LogP contribution in [-0.2, 0) is 6.42 Å². The molecule has 4 heteroatoms. The number of hydrogen-bond acceptors (Lipinski definition) is 2. The Hall–Kier alpha value is -1.23. The third kappa shape index (κ3) is 3.62. The average molecular weight is 323 g/mol. The van der Waals surface area contributed by atoms with Gasteiger partial charge in [-0.25, -0.2) is 4.39 Å². The quantitative estimate of drug-likeness (QED) is 0.666. The fourth-order valence-electron chi connectivity index (χ4n) is 2.12. The van der Waals surface area contributed by atoms with Crippen molar-refractivity contribution in [1.29, 1.82) is 0 Å². The molecule has 0 spiro atoms. The Bertz CT molecular complexity index is 572. The minimum Gasteiger partial charge on any atom is -0.271 e. The largest absolute Gasteiger partial charge is 0.271 e. The van der Waals surface area contributed by atoms with Crippen LogP contribution in [0.25, 0.3) is 0 Å². The molecule has 2 rings (SSSR count). The molecule has 3 N–H and O–H groups in total. The van der Waals surface area contributed by atoms with Gasteiger partial charge in [0.05, 0.1) is 6.04 Å². The first-order valence-electron chi connectivity index (χ1n) is 6.07. The molecular formula is C15H16BrFN2. The van der Waals surface area contributed by atoms with Gasteiger partial charge in [0.2, 0.25) is 0 Å². The van der Waals surface area contributed by atoms with E-state index in [0.29, 0.717) is 6.42 Å². The zero-order valence-electron chi connectivity index (χ0n) is 10.7. The topological polar surface area (TPSA) is 38.0 Å². The van der Waals surface area contributed by atoms with Crippen LogP contribution in [0.4, 0.5) is 4.39 Å². The van der Waals surface area contributed by atoms with E-state index in [1.54, 1.807) is 6.07 Å². The van der Waals surface area contributed by atoms with E-state index in [0.717, 1.165) is 10.0 Å². The monoisotopic (exact) mass is 322 g/mol. The Kier molecular flexibility index (Phi) is 4.69. The van der Waals surface area contributed by atoms with E-state index in [-0.39, 0.29) is 11.9 Å². The summed E-state index contributed by atoms with van der Waals surface area (Å²) in [6.45, 7) is 2.05. The highest BCUT2D eigenvalue weighted by molar-refractivity contribution is 9.10. The summed E-state index contributed by atoms with van der Waals surface area (Å²) in [6.07, 6.45) is 0.709. The van der Waals surface area contributed by atoms with Crippen LogP contribution < -0.4 is 11.3 Å². The summed E-state index contributed by atoms with van der Waals surface area (Å²) in [5.74, 6) is 5.35. The maximum atomic E-state index is 13.4. The van der Waals surface area contributed by atoms with Crippen LogP contribution in [0, 0.1) is 12.7 Å². The van der Waals surface area contributed by atoms with E-state index in [4.69, 9.17) is 5.84 Å². The molecule has 0 aliphatic carbocycles. The second kappa shape index (κ2) is 6.28. The highest BCUT2D eigenvalue weighted by Gasteiger charge is 2.14. The fraction of sp³-hybridized carbons (Fsp3) is 0.200. The number of halogens is 2. The molecule has 0 heterocycles. The van der Waals surface area contributed by atoms with Gasteiger partial charge in [0, 0.05) is 4.47 Å². The SMILES string of the molecule is Cc1cccc(CC(NN)c2cc(F)ccc2Br)c1. The van der Waals surface area contributed by atoms with Gasteiger partial charge in [-0.05, 0) is 42.7 Å². The zero-order valence-corrected chi connectivity index (χ0v) is 12.2. The Morgan fingerprint density at radius 2 is 2.05 bits per heavy atom. The highest BCUT2D eigenvalue weighted by Crippen LogP contribution is 2.26. The summed E-state index contributed by atoms with van der Waals surface area (Å²) in [4.78, 5) is 0. The molecule has 0 radical (unpaired) electrons. The number of nitrogens with one attached hydrogen (secondary N) is 1. The normalized spacial score (nSPS) is 12.4. The average Bonchev–Trinajstić information content (AvgIpc) is 2.39. The van der Waals surface area contributed by atoms with Crippen molar-refractivity contribution >= 4 is 15.9 Å². The lowest BCUT2D eigenvalue weighted by molar-refractivity contribution is 0.542. The summed E-state index contributed by atoms with van der Waals surface area (Å²) < 4.78 is 14.2. The van der Waals surface area contributed by atoms with Gasteiger partial charge in [-0.15, -0.1) is 0 Å². The van der Waals surface area contributed by atoms with Gasteiger partial charge in [-0.3, -0.25) is 11.3 Å². The summed E-state index contributed by atoms with van der Waals surface area (Å²) in [5.41, 5.74) is 5.95. The molecule has 0 fully saturated rings. The lowest BCUT2D eigenvalue weighted by Gasteiger charge is -2.18. The van der Waals surface area contributed by atoms with Crippen LogP contribution in [0.5, 0.6) is 0 Å². The van der Waals surface area contributed by atoms with E-state index in [1.165, 1.54) is 23.3 Å². The van der Waals surface area contributed by atoms with Crippen molar-refractivity contribution in [3.63, 3.8) is 0 Å². The number of hydrogen-bond donors (Lipinski definition) is 2. The van der Waals surface area contributed by atoms with Gasteiger partial charge < -0.3 is 0 Å². The number of benzene rings is 2. The summed E-state index contributed by atoms with van der Waals surface area (Å²) in [7, 11) is 0. The van der Waals surface area contributed by atoms with E-state index >= 15 is 0 Å². The minimum absolute atomic E-state index is 0.133. The van der Waals surface area contributed by atoms with Crippen LogP contribution >= 0.6 is 15.9 Å². The Morgan fingerprint density at radius 1 is 1.26 bits per heavy atom. The van der Waals surface area contributed by atoms with Crippen LogP contribution in [0.2, 0.25) is 0 Å². The van der Waals surface area contributed by atoms with E-state index in [1.807, 2.05) is 25.1 Å². The summed E-state index contributed by atoms with van der Waals surface area (Å²) in [6, 6.07) is 12.7. The van der Waals surface area contributed by atoms with Gasteiger partial charge in [0.25, 0.3) is 0 Å². The molecule has 0 saturated carbocycles. The molecular weight excluding hydrogens is 307 g/mol. The van der Waals surface area contributed by atoms with Gasteiger partial charge in [0.1, 0.15) is 5.82 Å². The fourth-order valence-corrected chi connectivity index (χ4v) is 2.64. The first-order valence-corrected chi connectivity index (χ1v) is 6.86. The second-order valence-electron chi connectivity index (χ2n) is 4.58. The molecule has 2 nitrogen and oxygen atoms in total. The number of aryl methyl sites for hydroxylation is 1. The van der Waals surface area contributed by atoms with E-state index < -0.39 is 0 Å². The number of nitrogens with two attached hydrogens (primary N) is 1. The molecule has 0 amide bonds. The van der Waals surface area contributed by atoms with Crippen LogP contribution in [0.15, 0.2) is 46.9 Å². The molecule has 2 aromatic carbocycles. The molecule has 0 aliphatic rings. The van der Waals surface area contributed by atoms with Gasteiger partial charge in [-0.1, -0.05) is 45.8 Å². The van der Waals surface area contributed by atoms with E-state index in [9.17, 15) is 4.39 Å². The summed E-state index contributed by atoms with van der Waals surface area (Å²) >= 11 is 3.44. The van der Waals surface area contributed by atoms with Gasteiger partial charge >= 0.3 is 0 Å². The van der Waals surface area contributed by atoms with Crippen LogP contribution in [0.3, 0.4) is 0 Å². The molecule has 0 aromatic heterocycles. The van der Waals surface area contributed by atoms with Crippen molar-refractivity contribution in [3.05, 3.63) is 69.4 Å². The third-order valence-electron chi connectivity index (χ3n) is 3.06. The summed E-state index contributed by atoms with van der Waals surface area (Å²) in [5, 5.41) is 0. The minimum atomic E-state index is -0.261. The molecule has 1 unspecified atom stereocenters. The van der Waals surface area contributed by atoms with Crippen molar-refractivity contribution in [2.24, 2.45) is 5.84 Å². The smallest absolute Gasteiger partial charge is 0.123 e. The first kappa shape index (κ1) is 14.2. The molecule has 19 heavy (non-hydrogen) atoms. The van der Waals surface area contributed by atoms with Crippen molar-refractivity contribution in [2.45, 2.75) is 19.4 Å². The molecule has 2 aromatic rings. The van der Waals surface area contributed by atoms with Gasteiger partial charge in [-0.2, -0.15) is 0 Å². The lowest BCUT2D eigenvalue weighted by Crippen LogP contribution is -2.30. The molecule has 0 saturated heterocycles. The number of rotatable bonds is 4. The van der Waals surface area contributed by atoms with Crippen molar-refractivity contribution in [1.82, 2.24) is 5.43 Å². The van der Waals surface area contributed by atoms with Crippen molar-refractivity contribution in [3.8, 4) is 0 Å². The molecule has 0 aliphatic heterocycles. The van der Waals surface area contributed by atoms with Crippen molar-refractivity contribution in [2.75, 3.05) is 0 Å². The predicted molar refractivity (Wildman–Crippen MR) is 79.0 cm³/mol. The highest BCUT2D eigenvalue weighted by atomic mass is 79.9. The third-order valence-corrected chi connectivity index (χ3v) is 3.78. The van der Waals surface area contributed by atoms with E-state index in [2.05, 4.69) is 27.4 Å².